The molecule has 0 fully saturated rings. The van der Waals surface area contributed by atoms with E-state index in [1.807, 2.05) is 12.2 Å². The number of carbonyl (C=O) groups is 2. The maximum Gasteiger partial charge on any atom is 0.279 e. The van der Waals surface area contributed by atoms with E-state index in [-0.39, 0.29) is 17.6 Å². The molecule has 2 rings (SSSR count). The Balaban J connectivity index is 1.75. The van der Waals surface area contributed by atoms with Crippen molar-refractivity contribution < 1.29 is 18.7 Å². The van der Waals surface area contributed by atoms with Crippen LogP contribution in [0.25, 0.3) is 0 Å². The maximum atomic E-state index is 13.4. The predicted octanol–water partition coefficient (Wildman–Crippen LogP) is 2.10. The van der Waals surface area contributed by atoms with Gasteiger partial charge in [-0.2, -0.15) is 0 Å². The van der Waals surface area contributed by atoms with Gasteiger partial charge in [0, 0.05) is 6.42 Å². The Labute approximate surface area is 128 Å². The Morgan fingerprint density at radius 3 is 2.82 bits per heavy atom. The van der Waals surface area contributed by atoms with E-state index in [9.17, 15) is 14.0 Å². The topological polar surface area (TPSA) is 67.4 Å². The van der Waals surface area contributed by atoms with Gasteiger partial charge in [-0.3, -0.25) is 20.4 Å². The lowest BCUT2D eigenvalue weighted by Gasteiger charge is -2.16. The third kappa shape index (κ3) is 4.58. The van der Waals surface area contributed by atoms with Crippen molar-refractivity contribution in [2.75, 3.05) is 0 Å². The van der Waals surface area contributed by atoms with Gasteiger partial charge in [-0.1, -0.05) is 24.3 Å². The van der Waals surface area contributed by atoms with Crippen LogP contribution in [0.2, 0.25) is 0 Å². The van der Waals surface area contributed by atoms with E-state index >= 15 is 0 Å². The van der Waals surface area contributed by atoms with E-state index in [1.54, 1.807) is 6.07 Å². The molecule has 0 spiro atoms. The number of para-hydroxylation sites is 1. The van der Waals surface area contributed by atoms with E-state index in [4.69, 9.17) is 4.74 Å². The summed E-state index contributed by atoms with van der Waals surface area (Å²) < 4.78 is 18.6. The van der Waals surface area contributed by atoms with Crippen molar-refractivity contribution in [1.82, 2.24) is 10.9 Å². The fourth-order valence-corrected chi connectivity index (χ4v) is 2.17. The molecule has 2 N–H and O–H groups in total. The van der Waals surface area contributed by atoms with Crippen LogP contribution in [0.1, 0.15) is 26.2 Å². The van der Waals surface area contributed by atoms with E-state index in [2.05, 4.69) is 10.9 Å². The van der Waals surface area contributed by atoms with Crippen molar-refractivity contribution in [3.63, 3.8) is 0 Å². The zero-order chi connectivity index (χ0) is 15.9. The minimum atomic E-state index is -0.927. The van der Waals surface area contributed by atoms with E-state index in [0.29, 0.717) is 6.42 Å². The zero-order valence-electron chi connectivity index (χ0n) is 12.3. The molecule has 5 nitrogen and oxygen atoms in total. The molecule has 1 aromatic carbocycles. The van der Waals surface area contributed by atoms with Gasteiger partial charge in [-0.25, -0.2) is 4.39 Å². The molecule has 0 radical (unpaired) electrons. The molecule has 1 aromatic rings. The molecule has 0 aromatic heterocycles. The van der Waals surface area contributed by atoms with Gasteiger partial charge in [0.05, 0.1) is 0 Å². The number of hydrogen-bond donors (Lipinski definition) is 2. The van der Waals surface area contributed by atoms with Crippen molar-refractivity contribution >= 4 is 11.8 Å². The first-order valence-corrected chi connectivity index (χ1v) is 7.23. The summed E-state index contributed by atoms with van der Waals surface area (Å²) in [6.45, 7) is 1.48. The largest absolute Gasteiger partial charge is 0.478 e. The second-order valence-corrected chi connectivity index (χ2v) is 5.20. The quantitative estimate of drug-likeness (QED) is 0.646. The summed E-state index contributed by atoms with van der Waals surface area (Å²) in [5.41, 5.74) is 4.63. The van der Waals surface area contributed by atoms with Crippen LogP contribution in [-0.2, 0) is 9.59 Å². The van der Waals surface area contributed by atoms with Gasteiger partial charge < -0.3 is 4.74 Å². The standard InChI is InChI=1S/C16H19FN2O3/c1-11(22-14-9-5-4-8-13(14)17)16(21)19-18-15(20)10-12-6-2-3-7-12/h2,4-6,8-9,11-12H,3,7,10H2,1H3,(H,18,20)(H,19,21)/t11-,12+/m0/s1. The number of hydrazine groups is 1. The lowest BCUT2D eigenvalue weighted by atomic mass is 10.1. The molecule has 6 heteroatoms. The fourth-order valence-electron chi connectivity index (χ4n) is 2.17. The number of halogens is 1. The van der Waals surface area contributed by atoms with Gasteiger partial charge in [-0.05, 0) is 37.8 Å². The molecule has 2 amide bonds. The molecule has 22 heavy (non-hydrogen) atoms. The van der Waals surface area contributed by atoms with Gasteiger partial charge in [0.25, 0.3) is 5.91 Å². The van der Waals surface area contributed by atoms with Crippen LogP contribution in [0.15, 0.2) is 36.4 Å². The molecule has 0 saturated heterocycles. The van der Waals surface area contributed by atoms with Crippen molar-refractivity contribution in [1.29, 1.82) is 0 Å². The van der Waals surface area contributed by atoms with Gasteiger partial charge >= 0.3 is 0 Å². The first kappa shape index (κ1) is 16.0. The number of benzene rings is 1. The average Bonchev–Trinajstić information content (AvgIpc) is 3.00. The monoisotopic (exact) mass is 306 g/mol. The van der Waals surface area contributed by atoms with Crippen molar-refractivity contribution in [2.24, 2.45) is 5.92 Å². The number of allylic oxidation sites excluding steroid dienone is 2. The minimum absolute atomic E-state index is 0.00688. The molecule has 1 aliphatic rings. The molecule has 0 aliphatic heterocycles. The zero-order valence-corrected chi connectivity index (χ0v) is 12.3. The van der Waals surface area contributed by atoms with Crippen LogP contribution in [0, 0.1) is 11.7 Å². The fraction of sp³-hybridized carbons (Fsp3) is 0.375. The molecule has 0 bridgehead atoms. The number of amides is 2. The molecular formula is C16H19FN2O3. The van der Waals surface area contributed by atoms with Gasteiger partial charge in [0.2, 0.25) is 5.91 Å². The third-order valence-electron chi connectivity index (χ3n) is 3.39. The summed E-state index contributed by atoms with van der Waals surface area (Å²) in [7, 11) is 0. The summed E-state index contributed by atoms with van der Waals surface area (Å²) in [4.78, 5) is 23.5. The first-order chi connectivity index (χ1) is 10.6. The molecule has 1 aliphatic carbocycles. The van der Waals surface area contributed by atoms with Crippen LogP contribution in [0.5, 0.6) is 5.75 Å². The first-order valence-electron chi connectivity index (χ1n) is 7.23. The molecule has 0 unspecified atom stereocenters. The molecule has 2 atom stereocenters. The minimum Gasteiger partial charge on any atom is -0.478 e. The van der Waals surface area contributed by atoms with Gasteiger partial charge in [0.1, 0.15) is 0 Å². The Hall–Kier alpha value is -2.37. The number of hydrogen-bond acceptors (Lipinski definition) is 3. The summed E-state index contributed by atoms with van der Waals surface area (Å²) in [5, 5.41) is 0. The van der Waals surface area contributed by atoms with Gasteiger partial charge in [0.15, 0.2) is 17.7 Å². The SMILES string of the molecule is C[C@H](Oc1ccccc1F)C(=O)NNC(=O)C[C@@H]1C=CCC1. The molecule has 118 valence electrons. The van der Waals surface area contributed by atoms with Crippen LogP contribution in [0.4, 0.5) is 4.39 Å². The molecule has 0 heterocycles. The van der Waals surface area contributed by atoms with Gasteiger partial charge in [-0.15, -0.1) is 0 Å². The number of ether oxygens (including phenoxy) is 1. The van der Waals surface area contributed by atoms with Crippen LogP contribution < -0.4 is 15.6 Å². The predicted molar refractivity (Wildman–Crippen MR) is 79.3 cm³/mol. The highest BCUT2D eigenvalue weighted by Crippen LogP contribution is 2.20. The molecule has 0 saturated carbocycles. The van der Waals surface area contributed by atoms with E-state index in [0.717, 1.165) is 12.8 Å². The highest BCUT2D eigenvalue weighted by atomic mass is 19.1. The summed E-state index contributed by atoms with van der Waals surface area (Å²) >= 11 is 0. The summed E-state index contributed by atoms with van der Waals surface area (Å²) in [5.74, 6) is -1.13. The lowest BCUT2D eigenvalue weighted by Crippen LogP contribution is -2.47. The number of nitrogens with one attached hydrogen (secondary N) is 2. The number of carbonyl (C=O) groups excluding carboxylic acids is 2. The lowest BCUT2D eigenvalue weighted by molar-refractivity contribution is -0.133. The van der Waals surface area contributed by atoms with Crippen molar-refractivity contribution in [3.05, 3.63) is 42.2 Å². The third-order valence-corrected chi connectivity index (χ3v) is 3.39. The Morgan fingerprint density at radius 2 is 2.14 bits per heavy atom. The normalized spacial score (nSPS) is 17.8. The number of rotatable bonds is 5. The Kier molecular flexibility index (Phi) is 5.52. The smallest absolute Gasteiger partial charge is 0.279 e. The van der Waals surface area contributed by atoms with Crippen molar-refractivity contribution in [2.45, 2.75) is 32.3 Å². The van der Waals surface area contributed by atoms with Crippen LogP contribution >= 0.6 is 0 Å². The van der Waals surface area contributed by atoms with Crippen LogP contribution in [0.3, 0.4) is 0 Å². The maximum absolute atomic E-state index is 13.4. The molecular weight excluding hydrogens is 287 g/mol. The van der Waals surface area contributed by atoms with Crippen LogP contribution in [-0.4, -0.2) is 17.9 Å². The van der Waals surface area contributed by atoms with E-state index < -0.39 is 17.8 Å². The summed E-state index contributed by atoms with van der Waals surface area (Å²) in [6, 6.07) is 5.82. The second-order valence-electron chi connectivity index (χ2n) is 5.20. The second kappa shape index (κ2) is 7.59. The highest BCUT2D eigenvalue weighted by molar-refractivity contribution is 5.84. The Morgan fingerprint density at radius 1 is 1.36 bits per heavy atom. The van der Waals surface area contributed by atoms with E-state index in [1.165, 1.54) is 25.1 Å². The Bertz CT molecular complexity index is 574. The van der Waals surface area contributed by atoms with Crippen molar-refractivity contribution in [3.8, 4) is 5.75 Å². The summed E-state index contributed by atoms with van der Waals surface area (Å²) in [6.07, 6.45) is 5.39. The average molecular weight is 306 g/mol. The highest BCUT2D eigenvalue weighted by Gasteiger charge is 2.18.